The van der Waals surface area contributed by atoms with E-state index in [0.29, 0.717) is 36.1 Å². The highest BCUT2D eigenvalue weighted by atomic mass is 32.2. The summed E-state index contributed by atoms with van der Waals surface area (Å²) in [5.41, 5.74) is 4.14. The lowest BCUT2D eigenvalue weighted by Gasteiger charge is -2.21. The van der Waals surface area contributed by atoms with Gasteiger partial charge >= 0.3 is 12.4 Å². The molecule has 5 rings (SSSR count). The van der Waals surface area contributed by atoms with Crippen LogP contribution in [0.25, 0.3) is 17.1 Å². The van der Waals surface area contributed by atoms with E-state index in [1.54, 1.807) is 0 Å². The Bertz CT molecular complexity index is 1650. The molecule has 0 bridgehead atoms. The lowest BCUT2D eigenvalue weighted by molar-refractivity contribution is -0.274. The number of amides is 3. The summed E-state index contributed by atoms with van der Waals surface area (Å²) in [4.78, 5) is 35.2. The van der Waals surface area contributed by atoms with Crippen molar-refractivity contribution in [2.45, 2.75) is 39.0 Å². The number of thioether (sulfide) groups is 1. The Morgan fingerprint density at radius 1 is 1.07 bits per heavy atom. The Morgan fingerprint density at radius 2 is 1.80 bits per heavy atom. The SMILES string of the molecule is CC(C)c1ccccc1N1C(=O)CSC1=NC(=O)NCCCc1ccc(-c2ncn(-c3ccc(OC(F)(F)F)cc3)n2)cc1. The lowest BCUT2D eigenvalue weighted by atomic mass is 10.0. The van der Waals surface area contributed by atoms with Crippen LogP contribution in [0.3, 0.4) is 0 Å². The molecule has 9 nitrogen and oxygen atoms in total. The number of aromatic nitrogens is 3. The average molecular weight is 623 g/mol. The fraction of sp³-hybridized carbons (Fsp3) is 0.258. The fourth-order valence-corrected chi connectivity index (χ4v) is 5.47. The third-order valence-electron chi connectivity index (χ3n) is 6.72. The third-order valence-corrected chi connectivity index (χ3v) is 7.64. The summed E-state index contributed by atoms with van der Waals surface area (Å²) >= 11 is 1.25. The van der Waals surface area contributed by atoms with Crippen LogP contribution in [0.15, 0.2) is 84.1 Å². The van der Waals surface area contributed by atoms with Crippen LogP contribution < -0.4 is 15.0 Å². The van der Waals surface area contributed by atoms with Crippen molar-refractivity contribution in [3.8, 4) is 22.8 Å². The number of alkyl halides is 3. The largest absolute Gasteiger partial charge is 0.573 e. The topological polar surface area (TPSA) is 102 Å². The first-order valence-corrected chi connectivity index (χ1v) is 14.8. The number of aliphatic imine (C=N–C) groups is 1. The Kier molecular flexibility index (Phi) is 9.33. The van der Waals surface area contributed by atoms with Crippen molar-refractivity contribution >= 4 is 34.6 Å². The van der Waals surface area contributed by atoms with Crippen LogP contribution in [0, 0.1) is 0 Å². The van der Waals surface area contributed by atoms with Gasteiger partial charge in [-0.2, -0.15) is 4.99 Å². The molecule has 13 heteroatoms. The van der Waals surface area contributed by atoms with E-state index in [4.69, 9.17) is 0 Å². The molecule has 2 heterocycles. The molecule has 1 N–H and O–H groups in total. The van der Waals surface area contributed by atoms with Crippen molar-refractivity contribution in [3.05, 3.63) is 90.3 Å². The normalized spacial score (nSPS) is 14.5. The molecule has 0 aliphatic carbocycles. The second-order valence-electron chi connectivity index (χ2n) is 10.2. The number of ether oxygens (including phenoxy) is 1. The number of urea groups is 1. The van der Waals surface area contributed by atoms with E-state index in [1.165, 1.54) is 51.9 Å². The lowest BCUT2D eigenvalue weighted by Crippen LogP contribution is -2.32. The van der Waals surface area contributed by atoms with Gasteiger partial charge in [-0.1, -0.05) is 68.1 Å². The van der Waals surface area contributed by atoms with Crippen LogP contribution >= 0.6 is 11.8 Å². The summed E-state index contributed by atoms with van der Waals surface area (Å²) in [5, 5.41) is 7.61. The molecule has 0 unspecified atom stereocenters. The van der Waals surface area contributed by atoms with Crippen LogP contribution in [0.1, 0.15) is 37.3 Å². The molecule has 3 amide bonds. The molecular weight excluding hydrogens is 593 g/mol. The van der Waals surface area contributed by atoms with Gasteiger partial charge in [-0.15, -0.1) is 18.3 Å². The number of rotatable bonds is 9. The highest BCUT2D eigenvalue weighted by Crippen LogP contribution is 2.33. The van der Waals surface area contributed by atoms with Gasteiger partial charge in [0.15, 0.2) is 11.0 Å². The standard InChI is InChI=1S/C31H29F3N6O3S/c1-20(2)25-7-3-4-8-26(25)40-27(41)18-44-30(40)37-29(42)35-17-5-6-21-9-11-22(12-10-21)28-36-19-39(38-28)23-13-15-24(16-14-23)43-31(32,33)34/h3-4,7-16,19-20H,5-6,17-18H2,1-2H3,(H,35,42). The first-order chi connectivity index (χ1) is 21.1. The van der Waals surface area contributed by atoms with Gasteiger partial charge in [0.1, 0.15) is 12.1 Å². The Labute approximate surface area is 256 Å². The van der Waals surface area contributed by atoms with Gasteiger partial charge < -0.3 is 10.1 Å². The van der Waals surface area contributed by atoms with E-state index in [1.807, 2.05) is 48.5 Å². The maximum absolute atomic E-state index is 12.6. The summed E-state index contributed by atoms with van der Waals surface area (Å²) < 4.78 is 42.5. The third kappa shape index (κ3) is 7.64. The average Bonchev–Trinajstić information content (AvgIpc) is 3.62. The second-order valence-corrected chi connectivity index (χ2v) is 11.2. The van der Waals surface area contributed by atoms with Crippen LogP contribution in [0.2, 0.25) is 0 Å². The minimum atomic E-state index is -4.75. The number of halogens is 3. The van der Waals surface area contributed by atoms with Gasteiger partial charge in [-0.05, 0) is 60.2 Å². The molecule has 4 aromatic rings. The van der Waals surface area contributed by atoms with Gasteiger partial charge in [0.25, 0.3) is 0 Å². The number of carbonyl (C=O) groups is 2. The molecule has 1 aliphatic rings. The Morgan fingerprint density at radius 3 is 2.50 bits per heavy atom. The number of anilines is 1. The van der Waals surface area contributed by atoms with E-state index in [2.05, 4.69) is 39.0 Å². The van der Waals surface area contributed by atoms with Crippen molar-refractivity contribution in [2.24, 2.45) is 4.99 Å². The second kappa shape index (κ2) is 13.3. The van der Waals surface area contributed by atoms with E-state index in [0.717, 1.165) is 22.4 Å². The molecule has 0 spiro atoms. The number of para-hydroxylation sites is 1. The van der Waals surface area contributed by atoms with E-state index in [-0.39, 0.29) is 23.3 Å². The van der Waals surface area contributed by atoms with Crippen molar-refractivity contribution in [3.63, 3.8) is 0 Å². The van der Waals surface area contributed by atoms with Gasteiger partial charge in [-0.25, -0.2) is 14.5 Å². The molecule has 1 fully saturated rings. The minimum Gasteiger partial charge on any atom is -0.406 e. The Balaban J connectivity index is 1.12. The molecule has 0 radical (unpaired) electrons. The predicted molar refractivity (Wildman–Crippen MR) is 163 cm³/mol. The number of nitrogens with one attached hydrogen (secondary N) is 1. The zero-order valence-corrected chi connectivity index (χ0v) is 24.7. The molecule has 3 aromatic carbocycles. The van der Waals surface area contributed by atoms with Crippen molar-refractivity contribution in [1.82, 2.24) is 20.1 Å². The summed E-state index contributed by atoms with van der Waals surface area (Å²) in [6.07, 6.45) is -1.87. The van der Waals surface area contributed by atoms with Crippen LogP contribution in [0.4, 0.5) is 23.7 Å². The van der Waals surface area contributed by atoms with Gasteiger partial charge in [0.2, 0.25) is 5.91 Å². The first kappa shape index (κ1) is 30.8. The molecule has 0 atom stereocenters. The number of hydrogen-bond acceptors (Lipinski definition) is 6. The van der Waals surface area contributed by atoms with E-state index < -0.39 is 12.4 Å². The number of hydrogen-bond donors (Lipinski definition) is 1. The zero-order chi connectivity index (χ0) is 31.3. The molecule has 0 saturated carbocycles. The Hall–Kier alpha value is -4.65. The van der Waals surface area contributed by atoms with E-state index >= 15 is 0 Å². The van der Waals surface area contributed by atoms with Crippen molar-refractivity contribution < 1.29 is 27.5 Å². The summed E-state index contributed by atoms with van der Waals surface area (Å²) in [6.45, 7) is 4.53. The molecular formula is C31H29F3N6O3S. The van der Waals surface area contributed by atoms with Gasteiger partial charge in [0.05, 0.1) is 17.1 Å². The van der Waals surface area contributed by atoms with Crippen LogP contribution in [0.5, 0.6) is 5.75 Å². The molecule has 228 valence electrons. The number of benzene rings is 3. The van der Waals surface area contributed by atoms with Gasteiger partial charge in [0, 0.05) is 12.1 Å². The number of amidine groups is 1. The molecule has 1 aromatic heterocycles. The van der Waals surface area contributed by atoms with Crippen molar-refractivity contribution in [1.29, 1.82) is 0 Å². The zero-order valence-electron chi connectivity index (χ0n) is 23.9. The highest BCUT2D eigenvalue weighted by Gasteiger charge is 2.32. The number of aryl methyl sites for hydroxylation is 1. The smallest absolute Gasteiger partial charge is 0.406 e. The highest BCUT2D eigenvalue weighted by molar-refractivity contribution is 8.15. The molecule has 1 saturated heterocycles. The molecule has 44 heavy (non-hydrogen) atoms. The predicted octanol–water partition coefficient (Wildman–Crippen LogP) is 6.73. The van der Waals surface area contributed by atoms with E-state index in [9.17, 15) is 22.8 Å². The quantitative estimate of drug-likeness (QED) is 0.208. The monoisotopic (exact) mass is 622 g/mol. The maximum Gasteiger partial charge on any atom is 0.573 e. The van der Waals surface area contributed by atoms with Crippen LogP contribution in [-0.4, -0.2) is 50.5 Å². The molecule has 1 aliphatic heterocycles. The fourth-order valence-electron chi connectivity index (χ4n) is 4.62. The summed E-state index contributed by atoms with van der Waals surface area (Å²) in [7, 11) is 0. The summed E-state index contributed by atoms with van der Waals surface area (Å²) in [5.74, 6) is 0.487. The first-order valence-electron chi connectivity index (χ1n) is 13.9. The minimum absolute atomic E-state index is 0.103. The van der Waals surface area contributed by atoms with Gasteiger partial charge in [-0.3, -0.25) is 9.69 Å². The number of nitrogens with zero attached hydrogens (tertiary/aromatic N) is 5. The number of carbonyl (C=O) groups excluding carboxylic acids is 2. The maximum atomic E-state index is 12.6. The van der Waals surface area contributed by atoms with Crippen LogP contribution in [-0.2, 0) is 11.2 Å². The summed E-state index contributed by atoms with van der Waals surface area (Å²) in [6, 6.07) is 20.2. The van der Waals surface area contributed by atoms with Crippen molar-refractivity contribution in [2.75, 3.05) is 17.2 Å².